The van der Waals surface area contributed by atoms with E-state index < -0.39 is 40.9 Å². The summed E-state index contributed by atoms with van der Waals surface area (Å²) in [5.41, 5.74) is -4.41. The lowest BCUT2D eigenvalue weighted by atomic mass is 9.89. The predicted molar refractivity (Wildman–Crippen MR) is 108 cm³/mol. The van der Waals surface area contributed by atoms with Crippen molar-refractivity contribution in [1.82, 2.24) is 29.6 Å². The van der Waals surface area contributed by atoms with E-state index in [1.165, 1.54) is 35.9 Å². The van der Waals surface area contributed by atoms with Crippen molar-refractivity contribution in [1.29, 1.82) is 0 Å². The molecule has 0 radical (unpaired) electrons. The zero-order chi connectivity index (χ0) is 25.4. The summed E-state index contributed by atoms with van der Waals surface area (Å²) in [5.74, 6) is -0.377. The Bertz CT molecular complexity index is 1170. The highest BCUT2D eigenvalue weighted by atomic mass is 19.4. The molecule has 0 saturated carbocycles. The first kappa shape index (κ1) is 24.7. The number of aliphatic hydroxyl groups excluding tert-OH is 1. The van der Waals surface area contributed by atoms with Crippen LogP contribution in [-0.2, 0) is 18.8 Å². The first-order chi connectivity index (χ1) is 16.3. The molecule has 1 aliphatic heterocycles. The zero-order valence-corrected chi connectivity index (χ0v) is 17.7. The molecule has 1 aliphatic rings. The molecule has 7 nitrogen and oxygen atoms in total. The highest BCUT2D eigenvalue weighted by Gasteiger charge is 2.45. The summed E-state index contributed by atoms with van der Waals surface area (Å²) in [7, 11) is 0. The van der Waals surface area contributed by atoms with Gasteiger partial charge in [-0.3, -0.25) is 4.90 Å². The summed E-state index contributed by atoms with van der Waals surface area (Å²) in [5, 5.41) is 14.1. The van der Waals surface area contributed by atoms with Gasteiger partial charge in [0.2, 0.25) is 0 Å². The van der Waals surface area contributed by atoms with Crippen LogP contribution in [0.5, 0.6) is 0 Å². The number of hydrogen-bond acceptors (Lipinski definition) is 6. The van der Waals surface area contributed by atoms with Crippen molar-refractivity contribution in [3.05, 3.63) is 66.0 Å². The molecule has 0 amide bonds. The van der Waals surface area contributed by atoms with Gasteiger partial charge >= 0.3 is 12.4 Å². The Labute approximate surface area is 193 Å². The molecular formula is C21H17F7N6O. The summed E-state index contributed by atoms with van der Waals surface area (Å²) < 4.78 is 94.2. The van der Waals surface area contributed by atoms with E-state index in [4.69, 9.17) is 0 Å². The molecule has 3 heterocycles. The van der Waals surface area contributed by atoms with Crippen LogP contribution in [0.4, 0.5) is 30.7 Å². The largest absolute Gasteiger partial charge is 0.416 e. The smallest absolute Gasteiger partial charge is 0.375 e. The monoisotopic (exact) mass is 502 g/mol. The average molecular weight is 502 g/mol. The van der Waals surface area contributed by atoms with E-state index in [2.05, 4.69) is 20.1 Å². The highest BCUT2D eigenvalue weighted by molar-refractivity contribution is 5.58. The number of rotatable bonds is 6. The van der Waals surface area contributed by atoms with Crippen LogP contribution in [0, 0.1) is 0 Å². The van der Waals surface area contributed by atoms with E-state index in [0.717, 1.165) is 11.0 Å². The van der Waals surface area contributed by atoms with Crippen molar-refractivity contribution in [2.75, 3.05) is 13.1 Å². The summed E-state index contributed by atoms with van der Waals surface area (Å²) in [6, 6.07) is 1.05. The quantitative estimate of drug-likeness (QED) is 0.517. The van der Waals surface area contributed by atoms with Crippen LogP contribution in [0.1, 0.15) is 16.7 Å². The van der Waals surface area contributed by atoms with Gasteiger partial charge in [0.1, 0.15) is 24.6 Å². The summed E-state index contributed by atoms with van der Waals surface area (Å²) in [4.78, 5) is 12.8. The molecule has 1 N–H and O–H groups in total. The topological polar surface area (TPSA) is 80.0 Å². The van der Waals surface area contributed by atoms with Gasteiger partial charge in [0.05, 0.1) is 11.1 Å². The predicted octanol–water partition coefficient (Wildman–Crippen LogP) is 3.83. The van der Waals surface area contributed by atoms with Crippen molar-refractivity contribution < 1.29 is 35.8 Å². The normalized spacial score (nSPS) is 17.5. The summed E-state index contributed by atoms with van der Waals surface area (Å²) in [6.07, 6.45) is -3.31. The zero-order valence-electron chi connectivity index (χ0n) is 17.7. The third kappa shape index (κ3) is 5.82. The second kappa shape index (κ2) is 9.00. The molecule has 14 heteroatoms. The van der Waals surface area contributed by atoms with Crippen molar-refractivity contribution in [2.45, 2.75) is 30.7 Å². The lowest BCUT2D eigenvalue weighted by Crippen LogP contribution is -2.62. The number of halogens is 7. The Morgan fingerprint density at radius 1 is 1.00 bits per heavy atom. The minimum absolute atomic E-state index is 0.0134. The molecule has 1 unspecified atom stereocenters. The third-order valence-corrected chi connectivity index (χ3v) is 5.25. The molecular weight excluding hydrogens is 485 g/mol. The van der Waals surface area contributed by atoms with Crippen LogP contribution < -0.4 is 0 Å². The molecule has 1 saturated heterocycles. The van der Waals surface area contributed by atoms with Crippen molar-refractivity contribution in [2.24, 2.45) is 0 Å². The molecule has 1 fully saturated rings. The number of likely N-dealkylation sites (tertiary alicyclic amines) is 1. The van der Waals surface area contributed by atoms with Crippen LogP contribution in [0.2, 0.25) is 0 Å². The van der Waals surface area contributed by atoms with Crippen LogP contribution in [0.3, 0.4) is 0 Å². The molecule has 0 bridgehead atoms. The Hall–Kier alpha value is -3.39. The van der Waals surface area contributed by atoms with Crippen molar-refractivity contribution in [3.8, 4) is 11.4 Å². The Balaban J connectivity index is 1.44. The fraction of sp³-hybridized carbons (Fsp3) is 0.333. The van der Waals surface area contributed by atoms with E-state index >= 15 is 0 Å². The second-order valence-corrected chi connectivity index (χ2v) is 8.08. The third-order valence-electron chi connectivity index (χ3n) is 5.25. The number of alkyl halides is 7. The second-order valence-electron chi connectivity index (χ2n) is 8.08. The maximum atomic E-state index is 14.8. The van der Waals surface area contributed by atoms with Gasteiger partial charge in [0.25, 0.3) is 0 Å². The maximum Gasteiger partial charge on any atom is 0.416 e. The van der Waals surface area contributed by atoms with E-state index in [9.17, 15) is 35.8 Å². The van der Waals surface area contributed by atoms with Crippen LogP contribution in [0.15, 0.2) is 49.3 Å². The first-order valence-corrected chi connectivity index (χ1v) is 10.1. The van der Waals surface area contributed by atoms with E-state index in [0.29, 0.717) is 17.7 Å². The van der Waals surface area contributed by atoms with Crippen LogP contribution in [0.25, 0.3) is 17.6 Å². The molecule has 2 aromatic heterocycles. The molecule has 4 rings (SSSR count). The fourth-order valence-corrected chi connectivity index (χ4v) is 3.62. The molecule has 0 aliphatic carbocycles. The minimum atomic E-state index is -5.00. The Kier molecular flexibility index (Phi) is 6.36. The number of aromatic nitrogens is 5. The van der Waals surface area contributed by atoms with Gasteiger partial charge in [-0.25, -0.2) is 24.0 Å². The van der Waals surface area contributed by atoms with Crippen LogP contribution >= 0.6 is 0 Å². The first-order valence-electron chi connectivity index (χ1n) is 10.1. The van der Waals surface area contributed by atoms with Gasteiger partial charge in [0, 0.05) is 43.7 Å². The highest BCUT2D eigenvalue weighted by Crippen LogP contribution is 2.38. The summed E-state index contributed by atoms with van der Waals surface area (Å²) >= 11 is 0. The molecule has 186 valence electrons. The van der Waals surface area contributed by atoms with E-state index in [1.807, 2.05) is 0 Å². The van der Waals surface area contributed by atoms with Crippen molar-refractivity contribution in [3.63, 3.8) is 0 Å². The maximum absolute atomic E-state index is 14.8. The lowest BCUT2D eigenvalue weighted by molar-refractivity contribution is -0.143. The molecule has 0 spiro atoms. The van der Waals surface area contributed by atoms with Gasteiger partial charge in [-0.2, -0.15) is 26.3 Å². The molecule has 3 aromatic rings. The summed E-state index contributed by atoms with van der Waals surface area (Å²) in [6.45, 7) is -0.138. The van der Waals surface area contributed by atoms with E-state index in [1.54, 1.807) is 0 Å². The molecule has 35 heavy (non-hydrogen) atoms. The lowest BCUT2D eigenvalue weighted by Gasteiger charge is -2.46. The molecule has 1 aromatic carbocycles. The van der Waals surface area contributed by atoms with Gasteiger partial charge in [-0.15, -0.1) is 5.10 Å². The van der Waals surface area contributed by atoms with Gasteiger partial charge in [-0.1, -0.05) is 0 Å². The van der Waals surface area contributed by atoms with E-state index in [-0.39, 0.29) is 31.4 Å². The van der Waals surface area contributed by atoms with Gasteiger partial charge < -0.3 is 5.11 Å². The number of aliphatic hydroxyl groups is 1. The van der Waals surface area contributed by atoms with Crippen LogP contribution in [-0.4, -0.2) is 59.7 Å². The minimum Gasteiger partial charge on any atom is -0.375 e. The number of nitrogens with zero attached hydrogens (tertiary/aromatic N) is 6. The Morgan fingerprint density at radius 3 is 2.17 bits per heavy atom. The SMILES string of the molecule is OC(/C=C\n1cnc(-c2cc(C(F)(F)F)cc(C(F)(F)F)c2)n1)N1CC(F)(Cc2cncnc2)C1. The van der Waals surface area contributed by atoms with Gasteiger partial charge in [-0.05, 0) is 29.8 Å². The fourth-order valence-electron chi connectivity index (χ4n) is 3.62. The average Bonchev–Trinajstić information content (AvgIpc) is 3.24. The number of benzene rings is 1. The Morgan fingerprint density at radius 2 is 1.60 bits per heavy atom. The van der Waals surface area contributed by atoms with Gasteiger partial charge in [0.15, 0.2) is 5.82 Å². The number of hydrogen-bond donors (Lipinski definition) is 1. The molecule has 1 atom stereocenters. The standard InChI is InChI=1S/C21H17F7N6O/c22-19(6-13-7-29-11-30-8-13)9-33(10-19)17(35)1-2-34-12-31-18(32-34)14-3-15(20(23,24)25)5-16(4-14)21(26,27)28/h1-5,7-8,11-12,17,35H,6,9-10H2/b2-1-. The van der Waals surface area contributed by atoms with Crippen molar-refractivity contribution >= 4 is 6.20 Å².